The molecule has 0 spiro atoms. The summed E-state index contributed by atoms with van der Waals surface area (Å²) in [6.07, 6.45) is 3.65. The Kier molecular flexibility index (Phi) is 1.73. The fourth-order valence-corrected chi connectivity index (χ4v) is 1.28. The molecule has 2 rings (SSSR count). The maximum Gasteiger partial charge on any atom is 0.311 e. The zero-order chi connectivity index (χ0) is 9.26. The molecular weight excluding hydrogens is 170 g/mol. The molecule has 1 aliphatic heterocycles. The minimum Gasteiger partial charge on any atom is -0.482 e. The smallest absolute Gasteiger partial charge is 0.311 e. The Balaban J connectivity index is 2.59. The minimum absolute atomic E-state index is 0.0295. The number of hydrogen-bond acceptors (Lipinski definition) is 3. The van der Waals surface area contributed by atoms with Crippen LogP contribution < -0.4 is 4.74 Å². The van der Waals surface area contributed by atoms with Gasteiger partial charge in [-0.05, 0) is 6.08 Å². The molecule has 0 atom stereocenters. The zero-order valence-electron chi connectivity index (χ0n) is 6.77. The van der Waals surface area contributed by atoms with E-state index in [0.717, 1.165) is 5.56 Å². The average molecular weight is 177 g/mol. The maximum absolute atomic E-state index is 10.6. The van der Waals surface area contributed by atoms with Crippen LogP contribution in [0.15, 0.2) is 24.3 Å². The Morgan fingerprint density at radius 3 is 3.08 bits per heavy atom. The Morgan fingerprint density at radius 1 is 1.46 bits per heavy atom. The van der Waals surface area contributed by atoms with Crippen LogP contribution in [0.3, 0.4) is 0 Å². The molecule has 4 heteroatoms. The molecule has 0 fully saturated rings. The van der Waals surface area contributed by atoms with Crippen molar-refractivity contribution in [2.75, 3.05) is 6.61 Å². The van der Waals surface area contributed by atoms with E-state index in [1.165, 1.54) is 6.07 Å². The van der Waals surface area contributed by atoms with Gasteiger partial charge in [0.1, 0.15) is 6.61 Å². The van der Waals surface area contributed by atoms with Crippen molar-refractivity contribution in [3.63, 3.8) is 0 Å². The lowest BCUT2D eigenvalue weighted by molar-refractivity contribution is -0.385. The van der Waals surface area contributed by atoms with Crippen LogP contribution in [0.2, 0.25) is 0 Å². The minimum atomic E-state index is -0.433. The van der Waals surface area contributed by atoms with Gasteiger partial charge < -0.3 is 4.74 Å². The number of nitro benzene ring substituents is 1. The number of nitrogens with zero attached hydrogens (tertiary/aromatic N) is 1. The summed E-state index contributed by atoms with van der Waals surface area (Å²) in [7, 11) is 0. The van der Waals surface area contributed by atoms with Crippen LogP contribution in [0, 0.1) is 10.1 Å². The van der Waals surface area contributed by atoms with Gasteiger partial charge in [0, 0.05) is 11.6 Å². The Morgan fingerprint density at radius 2 is 2.31 bits per heavy atom. The van der Waals surface area contributed by atoms with Crippen LogP contribution in [0.4, 0.5) is 5.69 Å². The molecule has 4 nitrogen and oxygen atoms in total. The summed E-state index contributed by atoms with van der Waals surface area (Å²) < 4.78 is 5.19. The van der Waals surface area contributed by atoms with Crippen LogP contribution in [0.1, 0.15) is 5.56 Å². The highest BCUT2D eigenvalue weighted by atomic mass is 16.6. The second-order valence-electron chi connectivity index (χ2n) is 2.67. The van der Waals surface area contributed by atoms with Gasteiger partial charge in [-0.3, -0.25) is 10.1 Å². The van der Waals surface area contributed by atoms with Gasteiger partial charge in [-0.1, -0.05) is 18.2 Å². The molecule has 66 valence electrons. The fraction of sp³-hybridized carbons (Fsp3) is 0.111. The lowest BCUT2D eigenvalue weighted by Crippen LogP contribution is -2.03. The number of para-hydroxylation sites is 1. The first kappa shape index (κ1) is 7.79. The molecule has 0 radical (unpaired) electrons. The molecule has 13 heavy (non-hydrogen) atoms. The van der Waals surface area contributed by atoms with Crippen LogP contribution in [0.25, 0.3) is 6.08 Å². The first-order valence-corrected chi connectivity index (χ1v) is 3.86. The van der Waals surface area contributed by atoms with Crippen LogP contribution >= 0.6 is 0 Å². The van der Waals surface area contributed by atoms with Gasteiger partial charge in [0.15, 0.2) is 0 Å². The topological polar surface area (TPSA) is 52.4 Å². The second-order valence-corrected chi connectivity index (χ2v) is 2.67. The predicted molar refractivity (Wildman–Crippen MR) is 47.6 cm³/mol. The van der Waals surface area contributed by atoms with Gasteiger partial charge in [-0.2, -0.15) is 0 Å². The fourth-order valence-electron chi connectivity index (χ4n) is 1.28. The highest BCUT2D eigenvalue weighted by Crippen LogP contribution is 2.33. The third kappa shape index (κ3) is 1.26. The van der Waals surface area contributed by atoms with Gasteiger partial charge in [-0.25, -0.2) is 0 Å². The molecule has 1 aromatic rings. The van der Waals surface area contributed by atoms with Crippen molar-refractivity contribution >= 4 is 11.8 Å². The van der Waals surface area contributed by atoms with Gasteiger partial charge >= 0.3 is 5.69 Å². The summed E-state index contributed by atoms with van der Waals surface area (Å²) in [6.45, 7) is 0.401. The van der Waals surface area contributed by atoms with E-state index in [1.807, 2.05) is 12.2 Å². The molecule has 0 saturated heterocycles. The summed E-state index contributed by atoms with van der Waals surface area (Å²) in [6, 6.07) is 4.88. The molecule has 0 unspecified atom stereocenters. The molecule has 0 aliphatic carbocycles. The first-order chi connectivity index (χ1) is 6.29. The van der Waals surface area contributed by atoms with Crippen molar-refractivity contribution < 1.29 is 9.66 Å². The summed E-state index contributed by atoms with van der Waals surface area (Å²) >= 11 is 0. The molecule has 1 aromatic carbocycles. The average Bonchev–Trinajstić information content (AvgIpc) is 2.17. The van der Waals surface area contributed by atoms with E-state index >= 15 is 0 Å². The molecule has 0 aromatic heterocycles. The van der Waals surface area contributed by atoms with Crippen molar-refractivity contribution in [3.8, 4) is 5.75 Å². The molecule has 0 amide bonds. The molecular formula is C9H7NO3. The lowest BCUT2D eigenvalue weighted by atomic mass is 10.1. The highest BCUT2D eigenvalue weighted by Gasteiger charge is 2.18. The normalized spacial score (nSPS) is 13.2. The Hall–Kier alpha value is -1.84. The zero-order valence-corrected chi connectivity index (χ0v) is 6.77. The van der Waals surface area contributed by atoms with Crippen LogP contribution in [-0.4, -0.2) is 11.5 Å². The largest absolute Gasteiger partial charge is 0.482 e. The van der Waals surface area contributed by atoms with Crippen molar-refractivity contribution in [2.45, 2.75) is 0 Å². The van der Waals surface area contributed by atoms with Gasteiger partial charge in [0.05, 0.1) is 4.92 Å². The quantitative estimate of drug-likeness (QED) is 0.487. The summed E-state index contributed by atoms with van der Waals surface area (Å²) in [4.78, 5) is 10.1. The molecule has 1 heterocycles. The van der Waals surface area contributed by atoms with Crippen molar-refractivity contribution in [2.24, 2.45) is 0 Å². The summed E-state index contributed by atoms with van der Waals surface area (Å²) in [5, 5.41) is 10.6. The molecule has 0 saturated carbocycles. The maximum atomic E-state index is 10.6. The van der Waals surface area contributed by atoms with Crippen LogP contribution in [0.5, 0.6) is 5.75 Å². The number of hydrogen-bond donors (Lipinski definition) is 0. The van der Waals surface area contributed by atoms with Crippen LogP contribution in [-0.2, 0) is 0 Å². The highest BCUT2D eigenvalue weighted by molar-refractivity contribution is 5.66. The molecule has 0 N–H and O–H groups in total. The van der Waals surface area contributed by atoms with Gasteiger partial charge in [0.25, 0.3) is 0 Å². The van der Waals surface area contributed by atoms with Gasteiger partial charge in [-0.15, -0.1) is 0 Å². The van der Waals surface area contributed by atoms with E-state index in [9.17, 15) is 10.1 Å². The van der Waals surface area contributed by atoms with Crippen molar-refractivity contribution in [1.82, 2.24) is 0 Å². The number of rotatable bonds is 1. The number of ether oxygens (including phenoxy) is 1. The van der Waals surface area contributed by atoms with E-state index < -0.39 is 4.92 Å². The third-order valence-electron chi connectivity index (χ3n) is 1.84. The van der Waals surface area contributed by atoms with E-state index in [1.54, 1.807) is 12.1 Å². The van der Waals surface area contributed by atoms with E-state index in [4.69, 9.17) is 4.74 Å². The van der Waals surface area contributed by atoms with Crippen molar-refractivity contribution in [1.29, 1.82) is 0 Å². The van der Waals surface area contributed by atoms with Crippen molar-refractivity contribution in [3.05, 3.63) is 40.0 Å². The number of fused-ring (bicyclic) bond motifs is 1. The predicted octanol–water partition coefficient (Wildman–Crippen LogP) is 2.00. The number of nitro groups is 1. The van der Waals surface area contributed by atoms with E-state index in [0.29, 0.717) is 12.4 Å². The van der Waals surface area contributed by atoms with Gasteiger partial charge in [0.2, 0.25) is 5.75 Å². The monoisotopic (exact) mass is 177 g/mol. The SMILES string of the molecule is O=[N+]([O-])c1cccc2c1OCC=C2. The molecule has 0 bridgehead atoms. The number of benzene rings is 1. The molecule has 1 aliphatic rings. The standard InChI is InChI=1S/C9H7NO3/c11-10(12)8-5-1-3-7-4-2-6-13-9(7)8/h1-5H,6H2. The Labute approximate surface area is 74.6 Å². The summed E-state index contributed by atoms with van der Waals surface area (Å²) in [5.74, 6) is 0.370. The first-order valence-electron chi connectivity index (χ1n) is 3.86. The third-order valence-corrected chi connectivity index (χ3v) is 1.84. The summed E-state index contributed by atoms with van der Waals surface area (Å²) in [5.41, 5.74) is 0.794. The lowest BCUT2D eigenvalue weighted by Gasteiger charge is -2.11. The van der Waals surface area contributed by atoms with E-state index in [-0.39, 0.29) is 5.69 Å². The second kappa shape index (κ2) is 2.90. The van der Waals surface area contributed by atoms with E-state index in [2.05, 4.69) is 0 Å². The Bertz CT molecular complexity index is 384.